The zero-order chi connectivity index (χ0) is 18.0. The molecule has 132 valence electrons. The predicted molar refractivity (Wildman–Crippen MR) is 95.5 cm³/mol. The molecule has 0 radical (unpaired) electrons. The minimum atomic E-state index is -0.435. The lowest BCUT2D eigenvalue weighted by Gasteiger charge is -2.06. The van der Waals surface area contributed by atoms with Crippen LogP contribution in [0, 0.1) is 11.7 Å². The van der Waals surface area contributed by atoms with Crippen LogP contribution in [0.4, 0.5) is 9.39 Å². The average molecular weight is 361 g/mol. The molecule has 4 nitrogen and oxygen atoms in total. The van der Waals surface area contributed by atoms with Gasteiger partial charge in [-0.05, 0) is 43.4 Å². The topological polar surface area (TPSA) is 55.4 Å². The quantitative estimate of drug-likeness (QED) is 0.778. The lowest BCUT2D eigenvalue weighted by molar-refractivity contribution is -0.117. The number of carbonyl (C=O) groups is 2. The van der Waals surface area contributed by atoms with E-state index in [0.29, 0.717) is 22.5 Å². The number of aryl methyl sites for hydroxylation is 1. The van der Waals surface area contributed by atoms with E-state index in [0.717, 1.165) is 11.3 Å². The molecule has 1 aromatic heterocycles. The summed E-state index contributed by atoms with van der Waals surface area (Å²) in [5, 5.41) is 3.36. The molecule has 0 bridgehead atoms. The monoisotopic (exact) mass is 361 g/mol. The number of carbonyl (C=O) groups excluding carboxylic acids is 2. The lowest BCUT2D eigenvalue weighted by atomic mass is 10.1. The second kappa shape index (κ2) is 7.35. The fourth-order valence-electron chi connectivity index (χ4n) is 2.88. The standard InChI is InChI=1S/C19H20FNO3S/c1-3-11-9-15(19(23)24-4-2)18(25-11)21-17(22)14-10-13(14)12-7-5-6-8-16(12)20/h5-9,13-14H,3-4,10H2,1-2H3,(H,21,22). The molecule has 1 heterocycles. The molecule has 2 aromatic rings. The van der Waals surface area contributed by atoms with Gasteiger partial charge in [0.1, 0.15) is 10.8 Å². The molecule has 3 rings (SSSR count). The van der Waals surface area contributed by atoms with Gasteiger partial charge in [0.25, 0.3) is 0 Å². The van der Waals surface area contributed by atoms with Crippen molar-refractivity contribution in [2.75, 3.05) is 11.9 Å². The van der Waals surface area contributed by atoms with E-state index in [2.05, 4.69) is 5.32 Å². The van der Waals surface area contributed by atoms with Gasteiger partial charge < -0.3 is 10.1 Å². The molecule has 1 amide bonds. The van der Waals surface area contributed by atoms with Crippen molar-refractivity contribution in [2.45, 2.75) is 32.6 Å². The molecule has 1 aromatic carbocycles. The van der Waals surface area contributed by atoms with Crippen LogP contribution in [-0.4, -0.2) is 18.5 Å². The summed E-state index contributed by atoms with van der Waals surface area (Å²) in [5.74, 6) is -1.25. The molecule has 25 heavy (non-hydrogen) atoms. The number of benzene rings is 1. The molecule has 6 heteroatoms. The van der Waals surface area contributed by atoms with Gasteiger partial charge >= 0.3 is 5.97 Å². The number of halogens is 1. The third kappa shape index (κ3) is 3.74. The number of thiophene rings is 1. The summed E-state index contributed by atoms with van der Waals surface area (Å²) in [6, 6.07) is 8.31. The smallest absolute Gasteiger partial charge is 0.341 e. The Labute approximate surface area is 150 Å². The molecule has 2 unspecified atom stereocenters. The third-order valence-corrected chi connectivity index (χ3v) is 5.49. The summed E-state index contributed by atoms with van der Waals surface area (Å²) in [5.41, 5.74) is 0.967. The summed E-state index contributed by atoms with van der Waals surface area (Å²) >= 11 is 1.38. The van der Waals surface area contributed by atoms with Gasteiger partial charge in [0.2, 0.25) is 5.91 Å². The molecular weight excluding hydrogens is 341 g/mol. The first-order valence-corrected chi connectivity index (χ1v) is 9.21. The number of hydrogen-bond acceptors (Lipinski definition) is 4. The number of esters is 1. The molecular formula is C19H20FNO3S. The largest absolute Gasteiger partial charge is 0.462 e. The first kappa shape index (κ1) is 17.6. The Morgan fingerprint density at radius 1 is 1.32 bits per heavy atom. The minimum absolute atomic E-state index is 0.0992. The van der Waals surface area contributed by atoms with Crippen molar-refractivity contribution in [1.29, 1.82) is 0 Å². The molecule has 1 N–H and O–H groups in total. The van der Waals surface area contributed by atoms with Gasteiger partial charge in [-0.2, -0.15) is 0 Å². The lowest BCUT2D eigenvalue weighted by Crippen LogP contribution is -2.16. The average Bonchev–Trinajstić information content (AvgIpc) is 3.29. The van der Waals surface area contributed by atoms with Crippen molar-refractivity contribution in [3.8, 4) is 0 Å². The van der Waals surface area contributed by atoms with Crippen LogP contribution in [0.5, 0.6) is 0 Å². The SMILES string of the molecule is CCOC(=O)c1cc(CC)sc1NC(=O)C1CC1c1ccccc1F. The van der Waals surface area contributed by atoms with E-state index >= 15 is 0 Å². The number of amides is 1. The van der Waals surface area contributed by atoms with Gasteiger partial charge in [-0.25, -0.2) is 9.18 Å². The highest BCUT2D eigenvalue weighted by atomic mass is 32.1. The Morgan fingerprint density at radius 3 is 2.76 bits per heavy atom. The fraction of sp³-hybridized carbons (Fsp3) is 0.368. The predicted octanol–water partition coefficient (Wildman–Crippen LogP) is 4.37. The van der Waals surface area contributed by atoms with Crippen molar-refractivity contribution in [3.63, 3.8) is 0 Å². The van der Waals surface area contributed by atoms with Crippen LogP contribution >= 0.6 is 11.3 Å². The highest BCUT2D eigenvalue weighted by molar-refractivity contribution is 7.16. The van der Waals surface area contributed by atoms with E-state index in [-0.39, 0.29) is 30.2 Å². The molecule has 1 aliphatic rings. The van der Waals surface area contributed by atoms with E-state index in [1.54, 1.807) is 31.2 Å². The van der Waals surface area contributed by atoms with Gasteiger partial charge in [-0.15, -0.1) is 11.3 Å². The van der Waals surface area contributed by atoms with E-state index in [1.807, 2.05) is 6.92 Å². The van der Waals surface area contributed by atoms with Gasteiger partial charge in [-0.3, -0.25) is 4.79 Å². The molecule has 1 fully saturated rings. The molecule has 2 atom stereocenters. The molecule has 1 aliphatic carbocycles. The summed E-state index contributed by atoms with van der Waals surface area (Å²) in [6.07, 6.45) is 1.39. The van der Waals surface area contributed by atoms with Crippen LogP contribution in [0.1, 0.15) is 47.0 Å². The van der Waals surface area contributed by atoms with Crippen LogP contribution in [0.3, 0.4) is 0 Å². The Morgan fingerprint density at radius 2 is 2.08 bits per heavy atom. The Hall–Kier alpha value is -2.21. The van der Waals surface area contributed by atoms with Crippen LogP contribution in [0.25, 0.3) is 0 Å². The van der Waals surface area contributed by atoms with Crippen LogP contribution in [-0.2, 0) is 16.0 Å². The van der Waals surface area contributed by atoms with Crippen LogP contribution in [0.2, 0.25) is 0 Å². The summed E-state index contributed by atoms with van der Waals surface area (Å²) in [4.78, 5) is 25.6. The summed E-state index contributed by atoms with van der Waals surface area (Å²) in [7, 11) is 0. The Bertz CT molecular complexity index is 802. The summed E-state index contributed by atoms with van der Waals surface area (Å²) in [6.45, 7) is 4.01. The second-order valence-corrected chi connectivity index (χ2v) is 7.13. The normalized spacial score (nSPS) is 18.7. The first-order chi connectivity index (χ1) is 12.0. The molecule has 0 saturated heterocycles. The van der Waals surface area contributed by atoms with Gasteiger partial charge in [0.15, 0.2) is 0 Å². The van der Waals surface area contributed by atoms with Gasteiger partial charge in [0.05, 0.1) is 12.2 Å². The van der Waals surface area contributed by atoms with E-state index < -0.39 is 5.97 Å². The number of hydrogen-bond donors (Lipinski definition) is 1. The maximum absolute atomic E-state index is 13.9. The van der Waals surface area contributed by atoms with Gasteiger partial charge in [-0.1, -0.05) is 25.1 Å². The fourth-order valence-corrected chi connectivity index (χ4v) is 3.87. The summed E-state index contributed by atoms with van der Waals surface area (Å²) < 4.78 is 18.9. The first-order valence-electron chi connectivity index (χ1n) is 8.40. The van der Waals surface area contributed by atoms with Crippen molar-refractivity contribution in [3.05, 3.63) is 52.2 Å². The Balaban J connectivity index is 1.73. The van der Waals surface area contributed by atoms with Crippen LogP contribution in [0.15, 0.2) is 30.3 Å². The zero-order valence-electron chi connectivity index (χ0n) is 14.2. The number of rotatable bonds is 6. The molecule has 0 aliphatic heterocycles. The van der Waals surface area contributed by atoms with Crippen LogP contribution < -0.4 is 5.32 Å². The maximum Gasteiger partial charge on any atom is 0.341 e. The van der Waals surface area contributed by atoms with Crippen molar-refractivity contribution >= 4 is 28.2 Å². The highest BCUT2D eigenvalue weighted by Gasteiger charge is 2.45. The van der Waals surface area contributed by atoms with Crippen molar-refractivity contribution in [1.82, 2.24) is 0 Å². The Kier molecular flexibility index (Phi) is 5.18. The minimum Gasteiger partial charge on any atom is -0.462 e. The molecule has 1 saturated carbocycles. The van der Waals surface area contributed by atoms with Crippen molar-refractivity contribution < 1.29 is 18.7 Å². The third-order valence-electron chi connectivity index (χ3n) is 4.30. The number of anilines is 1. The van der Waals surface area contributed by atoms with E-state index in [4.69, 9.17) is 4.74 Å². The highest BCUT2D eigenvalue weighted by Crippen LogP contribution is 2.49. The number of nitrogens with one attached hydrogen (secondary N) is 1. The van der Waals surface area contributed by atoms with Gasteiger partial charge in [0, 0.05) is 10.8 Å². The number of ether oxygens (including phenoxy) is 1. The van der Waals surface area contributed by atoms with E-state index in [9.17, 15) is 14.0 Å². The second-order valence-electron chi connectivity index (χ2n) is 5.99. The molecule has 0 spiro atoms. The van der Waals surface area contributed by atoms with E-state index in [1.165, 1.54) is 17.4 Å². The maximum atomic E-state index is 13.9. The zero-order valence-corrected chi connectivity index (χ0v) is 15.0. The van der Waals surface area contributed by atoms with Crippen molar-refractivity contribution in [2.24, 2.45) is 5.92 Å².